The number of carbonyl (C=O) groups is 6. The first-order chi connectivity index (χ1) is 21.6. The van der Waals surface area contributed by atoms with Gasteiger partial charge in [0.05, 0.1) is 26.1 Å². The van der Waals surface area contributed by atoms with Gasteiger partial charge in [-0.05, 0) is 50.9 Å². The first-order valence-corrected chi connectivity index (χ1v) is 16.1. The summed E-state index contributed by atoms with van der Waals surface area (Å²) in [5, 5.41) is 34.8. The number of hydrogen-bond acceptors (Lipinski definition) is 7. The Kier molecular flexibility index (Phi) is 18.9. The number of piperidine rings is 1. The molecular weight excluding hydrogens is 617 g/mol. The smallest absolute Gasteiger partial charge is 0.430 e. The number of rotatable bonds is 17. The summed E-state index contributed by atoms with van der Waals surface area (Å²) in [4.78, 5) is 71.6. The van der Waals surface area contributed by atoms with Gasteiger partial charge in [-0.15, -0.1) is 0 Å². The van der Waals surface area contributed by atoms with Gasteiger partial charge in [-0.25, -0.2) is 4.79 Å². The molecule has 6 N–H and O–H groups in total. The molecule has 1 aliphatic carbocycles. The topological polar surface area (TPSA) is 210 Å². The number of amides is 3. The van der Waals surface area contributed by atoms with Crippen LogP contribution in [0.15, 0.2) is 0 Å². The van der Waals surface area contributed by atoms with E-state index in [1.54, 1.807) is 6.92 Å². The maximum Gasteiger partial charge on any atom is 0.430 e. The summed E-state index contributed by atoms with van der Waals surface area (Å²) in [6.45, 7) is 4.02. The number of alkyl halides is 3. The fraction of sp³-hybridized carbons (Fsp3) is 0.800. The van der Waals surface area contributed by atoms with Gasteiger partial charge < -0.3 is 41.0 Å². The third-order valence-electron chi connectivity index (χ3n) is 8.34. The van der Waals surface area contributed by atoms with Crippen molar-refractivity contribution in [3.8, 4) is 0 Å². The van der Waals surface area contributed by atoms with Gasteiger partial charge in [-0.1, -0.05) is 44.9 Å². The van der Waals surface area contributed by atoms with Crippen LogP contribution in [0.5, 0.6) is 0 Å². The van der Waals surface area contributed by atoms with Crippen LogP contribution in [-0.4, -0.2) is 95.2 Å². The molecule has 3 amide bonds. The van der Waals surface area contributed by atoms with Crippen LogP contribution in [0.2, 0.25) is 0 Å². The summed E-state index contributed by atoms with van der Waals surface area (Å²) >= 11 is 0. The Morgan fingerprint density at radius 2 is 1.46 bits per heavy atom. The number of hydrogen-bond donors (Lipinski definition) is 5. The molecule has 2 atom stereocenters. The van der Waals surface area contributed by atoms with Crippen LogP contribution in [-0.2, 0) is 28.8 Å². The van der Waals surface area contributed by atoms with Crippen molar-refractivity contribution in [3.05, 3.63) is 0 Å². The SMILES string of the molecule is CCN(CC(=O)N[C@@H](CC(=O)O)C(=O)N[C@@H](CCCC1CCCCC1)C(=O)O)C(=O)CCCC1CC[NH2+]CC1.O=C([O-])C(F)(F)F. The molecule has 1 saturated carbocycles. The van der Waals surface area contributed by atoms with Crippen LogP contribution in [0.1, 0.15) is 96.8 Å². The number of carboxylic acid groups (broad SMARTS) is 3. The quantitative estimate of drug-likeness (QED) is 0.147. The third kappa shape index (κ3) is 17.3. The van der Waals surface area contributed by atoms with E-state index in [0.29, 0.717) is 31.2 Å². The highest BCUT2D eigenvalue weighted by Crippen LogP contribution is 2.28. The third-order valence-corrected chi connectivity index (χ3v) is 8.34. The van der Waals surface area contributed by atoms with Crippen LogP contribution in [0.3, 0.4) is 0 Å². The van der Waals surface area contributed by atoms with Crippen molar-refractivity contribution < 1.29 is 62.6 Å². The lowest BCUT2D eigenvalue weighted by atomic mass is 9.85. The zero-order valence-electron chi connectivity index (χ0n) is 26.4. The predicted molar refractivity (Wildman–Crippen MR) is 156 cm³/mol. The summed E-state index contributed by atoms with van der Waals surface area (Å²) in [5.41, 5.74) is 0. The number of quaternary nitrogens is 1. The molecule has 1 aliphatic heterocycles. The summed E-state index contributed by atoms with van der Waals surface area (Å²) in [5.74, 6) is -5.94. The minimum Gasteiger partial charge on any atom is -0.542 e. The van der Waals surface area contributed by atoms with E-state index in [1.165, 1.54) is 24.2 Å². The number of nitrogens with two attached hydrogens (primary N) is 1. The normalized spacial score (nSPS) is 17.0. The van der Waals surface area contributed by atoms with E-state index in [2.05, 4.69) is 16.0 Å². The lowest BCUT2D eigenvalue weighted by molar-refractivity contribution is -0.664. The molecule has 46 heavy (non-hydrogen) atoms. The van der Waals surface area contributed by atoms with Crippen molar-refractivity contribution in [1.82, 2.24) is 15.5 Å². The van der Waals surface area contributed by atoms with Crippen LogP contribution in [0.25, 0.3) is 0 Å². The van der Waals surface area contributed by atoms with Crippen LogP contribution in [0.4, 0.5) is 13.2 Å². The number of nitrogens with zero attached hydrogens (tertiary/aromatic N) is 1. The van der Waals surface area contributed by atoms with Crippen molar-refractivity contribution in [2.45, 2.75) is 115 Å². The van der Waals surface area contributed by atoms with Gasteiger partial charge in [0.1, 0.15) is 18.1 Å². The van der Waals surface area contributed by atoms with E-state index >= 15 is 0 Å². The highest BCUT2D eigenvalue weighted by atomic mass is 19.4. The maximum atomic E-state index is 12.8. The molecule has 2 aliphatic rings. The average Bonchev–Trinajstić information content (AvgIpc) is 2.99. The van der Waals surface area contributed by atoms with E-state index in [4.69, 9.17) is 9.90 Å². The first-order valence-electron chi connectivity index (χ1n) is 16.1. The summed E-state index contributed by atoms with van der Waals surface area (Å²) in [7, 11) is 0. The largest absolute Gasteiger partial charge is 0.542 e. The van der Waals surface area contributed by atoms with Crippen molar-refractivity contribution in [2.75, 3.05) is 26.2 Å². The molecule has 0 radical (unpaired) electrons. The second-order valence-corrected chi connectivity index (χ2v) is 11.9. The van der Waals surface area contributed by atoms with Gasteiger partial charge in [0, 0.05) is 13.0 Å². The number of likely N-dealkylation sites (N-methyl/N-ethyl adjacent to an activating group) is 1. The molecule has 1 heterocycles. The predicted octanol–water partition coefficient (Wildman–Crippen LogP) is 0.557. The monoisotopic (exact) mass is 666 g/mol. The Morgan fingerprint density at radius 1 is 0.891 bits per heavy atom. The van der Waals surface area contributed by atoms with E-state index in [1.807, 2.05) is 0 Å². The molecule has 2 fully saturated rings. The van der Waals surface area contributed by atoms with E-state index in [9.17, 15) is 47.4 Å². The fourth-order valence-electron chi connectivity index (χ4n) is 5.77. The minimum absolute atomic E-state index is 0.154. The zero-order chi connectivity index (χ0) is 34.7. The molecule has 0 aromatic carbocycles. The number of carboxylic acids is 3. The molecule has 1 saturated heterocycles. The van der Waals surface area contributed by atoms with Gasteiger partial charge in [0.15, 0.2) is 0 Å². The highest BCUT2D eigenvalue weighted by molar-refractivity contribution is 5.94. The molecule has 2 rings (SSSR count). The molecule has 13 nitrogen and oxygen atoms in total. The molecule has 0 unspecified atom stereocenters. The lowest BCUT2D eigenvalue weighted by Gasteiger charge is -2.25. The Bertz CT molecular complexity index is 1000. The standard InChI is InChI=1S/C28H48N4O7.C2HF3O2/c1-2-32(25(34)13-7-11-21-14-16-29-17-15-21)19-24(33)30-23(18-26(35)36)27(37)31-22(28(38)39)12-6-10-20-8-4-3-5-9-20;3-2(4,5)1(6)7/h20-23,29H,2-19H2,1H3,(H,30,33)(H,31,37)(H,35,36)(H,38,39);(H,6,7)/t22-,23-;/m0./s1. The van der Waals surface area contributed by atoms with Crippen molar-refractivity contribution in [3.63, 3.8) is 0 Å². The average molecular weight is 667 g/mol. The van der Waals surface area contributed by atoms with E-state index in [0.717, 1.165) is 58.0 Å². The summed E-state index contributed by atoms with van der Waals surface area (Å²) in [6, 6.07) is -2.60. The van der Waals surface area contributed by atoms with Crippen LogP contribution in [0, 0.1) is 11.8 Å². The van der Waals surface area contributed by atoms with Gasteiger partial charge in [-0.2, -0.15) is 13.2 Å². The van der Waals surface area contributed by atoms with Gasteiger partial charge in [0.2, 0.25) is 17.7 Å². The van der Waals surface area contributed by atoms with Gasteiger partial charge in [-0.3, -0.25) is 19.2 Å². The van der Waals surface area contributed by atoms with Crippen molar-refractivity contribution in [2.24, 2.45) is 11.8 Å². The lowest BCUT2D eigenvalue weighted by Crippen LogP contribution is -2.86. The Labute approximate surface area is 267 Å². The van der Waals surface area contributed by atoms with Crippen LogP contribution < -0.4 is 21.1 Å². The maximum absolute atomic E-state index is 12.8. The van der Waals surface area contributed by atoms with Gasteiger partial charge >= 0.3 is 18.1 Å². The second-order valence-electron chi connectivity index (χ2n) is 11.9. The van der Waals surface area contributed by atoms with Crippen molar-refractivity contribution >= 4 is 35.6 Å². The molecule has 0 aromatic heterocycles. The van der Waals surface area contributed by atoms with Crippen molar-refractivity contribution in [1.29, 1.82) is 0 Å². The Morgan fingerprint density at radius 3 is 1.98 bits per heavy atom. The Balaban J connectivity index is 0.00000135. The van der Waals surface area contributed by atoms with Gasteiger partial charge in [0.25, 0.3) is 0 Å². The van der Waals surface area contributed by atoms with E-state index < -0.39 is 54.4 Å². The number of aliphatic carboxylic acids is 3. The second kappa shape index (κ2) is 21.4. The first kappa shape index (κ1) is 40.6. The van der Waals surface area contributed by atoms with Crippen LogP contribution >= 0.6 is 0 Å². The molecule has 0 bridgehead atoms. The van der Waals surface area contributed by atoms with E-state index in [-0.39, 0.29) is 18.9 Å². The molecule has 0 spiro atoms. The minimum atomic E-state index is -5.19. The fourth-order valence-corrected chi connectivity index (χ4v) is 5.77. The Hall–Kier alpha value is -3.43. The zero-order valence-corrected chi connectivity index (χ0v) is 26.4. The summed E-state index contributed by atoms with van der Waals surface area (Å²) in [6.07, 6.45) is 6.20. The highest BCUT2D eigenvalue weighted by Gasteiger charge is 2.30. The number of nitrogens with one attached hydrogen (secondary N) is 2. The molecular formula is C30H49F3N4O9. The number of halogens is 3. The molecule has 0 aromatic rings. The molecule has 264 valence electrons. The molecule has 16 heteroatoms. The summed E-state index contributed by atoms with van der Waals surface area (Å²) < 4.78 is 31.5. The number of carbonyl (C=O) groups excluding carboxylic acids is 4.